The second kappa shape index (κ2) is 6.71. The van der Waals surface area contributed by atoms with Crippen LogP contribution < -0.4 is 0 Å². The third kappa shape index (κ3) is 3.71. The molecule has 1 heteroatoms. The Morgan fingerprint density at radius 2 is 1.40 bits per heavy atom. The number of piperidine rings is 1. The van der Waals surface area contributed by atoms with E-state index in [-0.39, 0.29) is 0 Å². The van der Waals surface area contributed by atoms with Crippen LogP contribution in [-0.2, 0) is 13.0 Å². The molecular weight excluding hydrogens is 242 g/mol. The molecule has 20 heavy (non-hydrogen) atoms. The van der Waals surface area contributed by atoms with Crippen molar-refractivity contribution >= 4 is 0 Å². The summed E-state index contributed by atoms with van der Waals surface area (Å²) in [7, 11) is 0. The molecule has 2 aromatic rings. The number of nitrogens with zero attached hydrogens (tertiary/aromatic N) is 1. The lowest BCUT2D eigenvalue weighted by atomic mass is 10.0. The molecule has 0 bridgehead atoms. The molecule has 1 fully saturated rings. The van der Waals surface area contributed by atoms with Crippen molar-refractivity contribution in [2.75, 3.05) is 13.1 Å². The maximum Gasteiger partial charge on any atom is 0.0233 e. The fraction of sp³-hybridized carbons (Fsp3) is 0.368. The van der Waals surface area contributed by atoms with Crippen molar-refractivity contribution in [2.45, 2.75) is 32.2 Å². The summed E-state index contributed by atoms with van der Waals surface area (Å²) in [5, 5.41) is 0. The Morgan fingerprint density at radius 3 is 2.20 bits per heavy atom. The highest BCUT2D eigenvalue weighted by Crippen LogP contribution is 2.16. The number of likely N-dealkylation sites (tertiary alicyclic amines) is 1. The standard InChI is InChI=1S/C19H23N/c1-3-8-17(9-4-1)14-18-10-7-11-19(15-18)16-20-12-5-2-6-13-20/h1,3-4,7-11,15H,2,5-6,12-14,16H2. The van der Waals surface area contributed by atoms with E-state index in [2.05, 4.69) is 59.5 Å². The molecule has 0 saturated carbocycles. The summed E-state index contributed by atoms with van der Waals surface area (Å²) in [6.45, 7) is 3.65. The average molecular weight is 265 g/mol. The van der Waals surface area contributed by atoms with E-state index in [1.165, 1.54) is 49.0 Å². The van der Waals surface area contributed by atoms with Crippen LogP contribution in [-0.4, -0.2) is 18.0 Å². The minimum atomic E-state index is 1.04. The number of rotatable bonds is 4. The smallest absolute Gasteiger partial charge is 0.0233 e. The highest BCUT2D eigenvalue weighted by Gasteiger charge is 2.10. The van der Waals surface area contributed by atoms with Gasteiger partial charge >= 0.3 is 0 Å². The van der Waals surface area contributed by atoms with Crippen LogP contribution in [0.15, 0.2) is 54.6 Å². The molecule has 104 valence electrons. The van der Waals surface area contributed by atoms with Gasteiger partial charge in [0.15, 0.2) is 0 Å². The fourth-order valence-corrected chi connectivity index (χ4v) is 3.05. The molecule has 0 spiro atoms. The van der Waals surface area contributed by atoms with Crippen LogP contribution in [0.5, 0.6) is 0 Å². The first kappa shape index (κ1) is 13.4. The maximum atomic E-state index is 2.59. The summed E-state index contributed by atoms with van der Waals surface area (Å²) in [4.78, 5) is 2.59. The predicted octanol–water partition coefficient (Wildman–Crippen LogP) is 4.26. The lowest BCUT2D eigenvalue weighted by Gasteiger charge is -2.26. The van der Waals surface area contributed by atoms with Gasteiger partial charge in [0.05, 0.1) is 0 Å². The normalized spacial score (nSPS) is 16.2. The fourth-order valence-electron chi connectivity index (χ4n) is 3.05. The Kier molecular flexibility index (Phi) is 4.49. The van der Waals surface area contributed by atoms with Gasteiger partial charge in [-0.1, -0.05) is 61.0 Å². The van der Waals surface area contributed by atoms with Crippen LogP contribution in [0, 0.1) is 0 Å². The van der Waals surface area contributed by atoms with Gasteiger partial charge in [-0.2, -0.15) is 0 Å². The topological polar surface area (TPSA) is 3.24 Å². The van der Waals surface area contributed by atoms with E-state index in [1.54, 1.807) is 0 Å². The van der Waals surface area contributed by atoms with Gasteiger partial charge in [0.1, 0.15) is 0 Å². The largest absolute Gasteiger partial charge is 0.299 e. The monoisotopic (exact) mass is 265 g/mol. The molecule has 0 radical (unpaired) electrons. The molecule has 1 heterocycles. The van der Waals surface area contributed by atoms with Gasteiger partial charge in [-0.25, -0.2) is 0 Å². The van der Waals surface area contributed by atoms with E-state index in [4.69, 9.17) is 0 Å². The molecule has 0 atom stereocenters. The van der Waals surface area contributed by atoms with E-state index in [9.17, 15) is 0 Å². The number of benzene rings is 2. The summed E-state index contributed by atoms with van der Waals surface area (Å²) >= 11 is 0. The maximum absolute atomic E-state index is 2.59. The van der Waals surface area contributed by atoms with Crippen molar-refractivity contribution in [1.82, 2.24) is 4.90 Å². The molecule has 0 aromatic heterocycles. The van der Waals surface area contributed by atoms with Gasteiger partial charge in [0.2, 0.25) is 0 Å². The Balaban J connectivity index is 1.66. The third-order valence-corrected chi connectivity index (χ3v) is 4.10. The molecule has 1 saturated heterocycles. The molecule has 1 aliphatic rings. The highest BCUT2D eigenvalue weighted by molar-refractivity contribution is 5.29. The summed E-state index contributed by atoms with van der Waals surface area (Å²) < 4.78 is 0. The van der Waals surface area contributed by atoms with Gasteiger partial charge in [0.25, 0.3) is 0 Å². The summed E-state index contributed by atoms with van der Waals surface area (Å²) in [6.07, 6.45) is 5.17. The van der Waals surface area contributed by atoms with Crippen molar-refractivity contribution in [1.29, 1.82) is 0 Å². The van der Waals surface area contributed by atoms with E-state index in [0.717, 1.165) is 13.0 Å². The Bertz CT molecular complexity index is 526. The van der Waals surface area contributed by atoms with Crippen molar-refractivity contribution in [3.05, 3.63) is 71.3 Å². The highest BCUT2D eigenvalue weighted by atomic mass is 15.1. The lowest BCUT2D eigenvalue weighted by molar-refractivity contribution is 0.221. The first-order valence-corrected chi connectivity index (χ1v) is 7.74. The van der Waals surface area contributed by atoms with E-state index in [0.29, 0.717) is 0 Å². The van der Waals surface area contributed by atoms with E-state index in [1.807, 2.05) is 0 Å². The van der Waals surface area contributed by atoms with E-state index >= 15 is 0 Å². The Hall–Kier alpha value is -1.60. The minimum absolute atomic E-state index is 1.04. The molecule has 1 nitrogen and oxygen atoms in total. The molecule has 0 amide bonds. The Morgan fingerprint density at radius 1 is 0.700 bits per heavy atom. The summed E-state index contributed by atoms with van der Waals surface area (Å²) in [5.74, 6) is 0. The molecule has 0 aliphatic carbocycles. The quantitative estimate of drug-likeness (QED) is 0.798. The number of hydrogen-bond acceptors (Lipinski definition) is 1. The third-order valence-electron chi connectivity index (χ3n) is 4.10. The predicted molar refractivity (Wildman–Crippen MR) is 84.8 cm³/mol. The van der Waals surface area contributed by atoms with Crippen molar-refractivity contribution in [2.24, 2.45) is 0 Å². The molecule has 1 aliphatic heterocycles. The van der Waals surface area contributed by atoms with Gasteiger partial charge in [0, 0.05) is 6.54 Å². The zero-order valence-electron chi connectivity index (χ0n) is 12.1. The van der Waals surface area contributed by atoms with Gasteiger partial charge in [-0.05, 0) is 49.0 Å². The van der Waals surface area contributed by atoms with Gasteiger partial charge in [-0.15, -0.1) is 0 Å². The zero-order chi connectivity index (χ0) is 13.6. The van der Waals surface area contributed by atoms with Gasteiger partial charge < -0.3 is 0 Å². The van der Waals surface area contributed by atoms with Crippen LogP contribution in [0.25, 0.3) is 0 Å². The van der Waals surface area contributed by atoms with Gasteiger partial charge in [-0.3, -0.25) is 4.90 Å². The molecule has 3 rings (SSSR count). The molecule has 0 N–H and O–H groups in total. The molecule has 2 aromatic carbocycles. The SMILES string of the molecule is c1ccc(Cc2cccc(CN3CCCCC3)c2)cc1. The Labute approximate surface area is 122 Å². The van der Waals surface area contributed by atoms with Crippen LogP contribution in [0.1, 0.15) is 36.0 Å². The van der Waals surface area contributed by atoms with Crippen LogP contribution in [0.3, 0.4) is 0 Å². The van der Waals surface area contributed by atoms with Crippen LogP contribution in [0.4, 0.5) is 0 Å². The number of hydrogen-bond donors (Lipinski definition) is 0. The average Bonchev–Trinajstić information content (AvgIpc) is 2.50. The molecule has 0 unspecified atom stereocenters. The van der Waals surface area contributed by atoms with Crippen LogP contribution >= 0.6 is 0 Å². The second-order valence-corrected chi connectivity index (χ2v) is 5.82. The lowest BCUT2D eigenvalue weighted by Crippen LogP contribution is -2.29. The van der Waals surface area contributed by atoms with Crippen LogP contribution in [0.2, 0.25) is 0 Å². The van der Waals surface area contributed by atoms with Crippen molar-refractivity contribution < 1.29 is 0 Å². The second-order valence-electron chi connectivity index (χ2n) is 5.82. The summed E-state index contributed by atoms with van der Waals surface area (Å²) in [5.41, 5.74) is 4.27. The first-order chi connectivity index (χ1) is 9.90. The van der Waals surface area contributed by atoms with Crippen molar-refractivity contribution in [3.8, 4) is 0 Å². The first-order valence-electron chi connectivity index (χ1n) is 7.74. The zero-order valence-corrected chi connectivity index (χ0v) is 12.1. The molecular formula is C19H23N. The van der Waals surface area contributed by atoms with E-state index < -0.39 is 0 Å². The summed E-state index contributed by atoms with van der Waals surface area (Å²) in [6, 6.07) is 19.8. The minimum Gasteiger partial charge on any atom is -0.299 e. The van der Waals surface area contributed by atoms with Crippen molar-refractivity contribution in [3.63, 3.8) is 0 Å².